The van der Waals surface area contributed by atoms with Gasteiger partial charge in [0.15, 0.2) is 5.96 Å². The summed E-state index contributed by atoms with van der Waals surface area (Å²) < 4.78 is 0. The van der Waals surface area contributed by atoms with Crippen LogP contribution in [0.3, 0.4) is 0 Å². The molecule has 0 saturated carbocycles. The van der Waals surface area contributed by atoms with Crippen molar-refractivity contribution in [3.05, 3.63) is 70.8 Å². The Morgan fingerprint density at radius 1 is 1.00 bits per heavy atom. The normalized spacial score (nSPS) is 11.0. The van der Waals surface area contributed by atoms with Crippen molar-refractivity contribution in [2.45, 2.75) is 26.9 Å². The number of carbonyl (C=O) groups is 2. The molecule has 0 unspecified atom stereocenters. The van der Waals surface area contributed by atoms with Crippen LogP contribution in [0, 0.1) is 6.92 Å². The summed E-state index contributed by atoms with van der Waals surface area (Å²) in [6.45, 7) is 5.86. The highest BCUT2D eigenvalue weighted by Gasteiger charge is 2.06. The van der Waals surface area contributed by atoms with Gasteiger partial charge in [0, 0.05) is 18.7 Å². The SMILES string of the molecule is CCNC(=NCc1ccc(C(=O)NCC(N)=O)cc1)NCc1ccccc1C. The van der Waals surface area contributed by atoms with Gasteiger partial charge in [0.2, 0.25) is 5.91 Å². The third-order valence-corrected chi connectivity index (χ3v) is 4.11. The third-order valence-electron chi connectivity index (χ3n) is 4.11. The number of amides is 2. The average molecular weight is 381 g/mol. The Morgan fingerprint density at radius 2 is 1.71 bits per heavy atom. The minimum absolute atomic E-state index is 0.177. The van der Waals surface area contributed by atoms with E-state index in [9.17, 15) is 9.59 Å². The predicted molar refractivity (Wildman–Crippen MR) is 111 cm³/mol. The molecule has 2 amide bonds. The van der Waals surface area contributed by atoms with Crippen molar-refractivity contribution >= 4 is 17.8 Å². The van der Waals surface area contributed by atoms with Crippen molar-refractivity contribution in [1.82, 2.24) is 16.0 Å². The van der Waals surface area contributed by atoms with Crippen molar-refractivity contribution in [3.63, 3.8) is 0 Å². The molecule has 2 aromatic carbocycles. The molecule has 0 aliphatic rings. The monoisotopic (exact) mass is 381 g/mol. The number of nitrogens with zero attached hydrogens (tertiary/aromatic N) is 1. The minimum Gasteiger partial charge on any atom is -0.368 e. The molecule has 7 heteroatoms. The molecule has 28 heavy (non-hydrogen) atoms. The first-order chi connectivity index (χ1) is 13.5. The van der Waals surface area contributed by atoms with Gasteiger partial charge in [-0.3, -0.25) is 9.59 Å². The van der Waals surface area contributed by atoms with E-state index in [-0.39, 0.29) is 12.5 Å². The number of aryl methyl sites for hydroxylation is 1. The highest BCUT2D eigenvalue weighted by atomic mass is 16.2. The number of rotatable bonds is 8. The number of benzene rings is 2. The van der Waals surface area contributed by atoms with Gasteiger partial charge in [0.05, 0.1) is 13.1 Å². The molecule has 0 bridgehead atoms. The molecule has 0 spiro atoms. The molecular formula is C21H27N5O2. The number of carbonyl (C=O) groups excluding carboxylic acids is 2. The van der Waals surface area contributed by atoms with Crippen LogP contribution in [0.1, 0.15) is 34.0 Å². The summed E-state index contributed by atoms with van der Waals surface area (Å²) >= 11 is 0. The number of guanidine groups is 1. The van der Waals surface area contributed by atoms with Gasteiger partial charge in [-0.15, -0.1) is 0 Å². The summed E-state index contributed by atoms with van der Waals surface area (Å²) in [4.78, 5) is 27.2. The van der Waals surface area contributed by atoms with Gasteiger partial charge in [0.25, 0.3) is 5.91 Å². The first kappa shape index (κ1) is 21.0. The fourth-order valence-electron chi connectivity index (χ4n) is 2.53. The Labute approximate surface area is 165 Å². The van der Waals surface area contributed by atoms with E-state index in [0.717, 1.165) is 18.1 Å². The molecule has 0 atom stereocenters. The summed E-state index contributed by atoms with van der Waals surface area (Å²) in [5.74, 6) is -0.176. The zero-order valence-corrected chi connectivity index (χ0v) is 16.3. The quantitative estimate of drug-likeness (QED) is 0.410. The Hall–Kier alpha value is -3.35. The fourth-order valence-corrected chi connectivity index (χ4v) is 2.53. The first-order valence-corrected chi connectivity index (χ1v) is 9.21. The van der Waals surface area contributed by atoms with Crippen LogP contribution in [0.25, 0.3) is 0 Å². The first-order valence-electron chi connectivity index (χ1n) is 9.21. The molecule has 0 radical (unpaired) electrons. The van der Waals surface area contributed by atoms with Crippen LogP contribution in [0.4, 0.5) is 0 Å². The van der Waals surface area contributed by atoms with E-state index in [1.54, 1.807) is 12.1 Å². The zero-order valence-electron chi connectivity index (χ0n) is 16.3. The fraction of sp³-hybridized carbons (Fsp3) is 0.286. The lowest BCUT2D eigenvalue weighted by Gasteiger charge is -2.13. The van der Waals surface area contributed by atoms with Crippen molar-refractivity contribution in [2.75, 3.05) is 13.1 Å². The second-order valence-electron chi connectivity index (χ2n) is 6.32. The van der Waals surface area contributed by atoms with Gasteiger partial charge in [-0.2, -0.15) is 0 Å². The van der Waals surface area contributed by atoms with Crippen molar-refractivity contribution in [3.8, 4) is 0 Å². The number of nitrogens with two attached hydrogens (primary N) is 1. The van der Waals surface area contributed by atoms with Gasteiger partial charge in [-0.1, -0.05) is 36.4 Å². The highest BCUT2D eigenvalue weighted by Crippen LogP contribution is 2.07. The van der Waals surface area contributed by atoms with Crippen LogP contribution in [0.5, 0.6) is 0 Å². The maximum atomic E-state index is 11.9. The lowest BCUT2D eigenvalue weighted by atomic mass is 10.1. The Morgan fingerprint density at radius 3 is 2.36 bits per heavy atom. The standard InChI is InChI=1S/C21H27N5O2/c1-3-23-21(26-13-18-7-5-4-6-15(18)2)25-12-16-8-10-17(11-9-16)20(28)24-14-19(22)27/h4-11H,3,12-14H2,1-2H3,(H2,22,27)(H,24,28)(H2,23,25,26). The Bertz CT molecular complexity index is 831. The maximum absolute atomic E-state index is 11.9. The largest absolute Gasteiger partial charge is 0.368 e. The molecule has 0 heterocycles. The molecule has 5 N–H and O–H groups in total. The molecule has 148 valence electrons. The second-order valence-corrected chi connectivity index (χ2v) is 6.32. The molecule has 0 aliphatic heterocycles. The van der Waals surface area contributed by atoms with Gasteiger partial charge in [-0.05, 0) is 42.7 Å². The molecular weight excluding hydrogens is 354 g/mol. The number of aliphatic imine (C=N–C) groups is 1. The van der Waals surface area contributed by atoms with Gasteiger partial charge >= 0.3 is 0 Å². The van der Waals surface area contributed by atoms with Gasteiger partial charge in [-0.25, -0.2) is 4.99 Å². The predicted octanol–water partition coefficient (Wildman–Crippen LogP) is 1.47. The third kappa shape index (κ3) is 6.75. The van der Waals surface area contributed by atoms with Gasteiger partial charge in [0.1, 0.15) is 0 Å². The summed E-state index contributed by atoms with van der Waals surface area (Å²) in [6, 6.07) is 15.3. The van der Waals surface area contributed by atoms with E-state index in [0.29, 0.717) is 18.7 Å². The zero-order chi connectivity index (χ0) is 20.4. The molecule has 0 saturated heterocycles. The second kappa shape index (κ2) is 10.7. The molecule has 0 aliphatic carbocycles. The van der Waals surface area contributed by atoms with E-state index in [4.69, 9.17) is 5.73 Å². The van der Waals surface area contributed by atoms with Crippen LogP contribution in [-0.4, -0.2) is 30.9 Å². The maximum Gasteiger partial charge on any atom is 0.251 e. The van der Waals surface area contributed by atoms with Crippen LogP contribution in [0.15, 0.2) is 53.5 Å². The number of hydrogen-bond acceptors (Lipinski definition) is 3. The summed E-state index contributed by atoms with van der Waals surface area (Å²) in [5.41, 5.74) is 8.92. The molecule has 2 rings (SSSR count). The van der Waals surface area contributed by atoms with Gasteiger partial charge < -0.3 is 21.7 Å². The Kier molecular flexibility index (Phi) is 8.02. The molecule has 2 aromatic rings. The van der Waals surface area contributed by atoms with Crippen molar-refractivity contribution < 1.29 is 9.59 Å². The van der Waals surface area contributed by atoms with E-state index in [2.05, 4.69) is 40.0 Å². The van der Waals surface area contributed by atoms with E-state index in [1.807, 2.05) is 31.2 Å². The number of hydrogen-bond donors (Lipinski definition) is 4. The highest BCUT2D eigenvalue weighted by molar-refractivity contribution is 5.96. The lowest BCUT2D eigenvalue weighted by molar-refractivity contribution is -0.117. The Balaban J connectivity index is 1.95. The summed E-state index contributed by atoms with van der Waals surface area (Å²) in [7, 11) is 0. The lowest BCUT2D eigenvalue weighted by Crippen LogP contribution is -2.36. The minimum atomic E-state index is -0.576. The topological polar surface area (TPSA) is 109 Å². The summed E-state index contributed by atoms with van der Waals surface area (Å²) in [5, 5.41) is 9.03. The van der Waals surface area contributed by atoms with Crippen LogP contribution >= 0.6 is 0 Å². The smallest absolute Gasteiger partial charge is 0.251 e. The number of primary amides is 1. The van der Waals surface area contributed by atoms with E-state index < -0.39 is 5.91 Å². The van der Waals surface area contributed by atoms with Crippen LogP contribution in [0.2, 0.25) is 0 Å². The van der Waals surface area contributed by atoms with E-state index in [1.165, 1.54) is 11.1 Å². The van der Waals surface area contributed by atoms with Crippen LogP contribution in [-0.2, 0) is 17.9 Å². The average Bonchev–Trinajstić information content (AvgIpc) is 2.69. The number of nitrogens with one attached hydrogen (secondary N) is 3. The van der Waals surface area contributed by atoms with Crippen molar-refractivity contribution in [2.24, 2.45) is 10.7 Å². The van der Waals surface area contributed by atoms with Crippen molar-refractivity contribution in [1.29, 1.82) is 0 Å². The van der Waals surface area contributed by atoms with Crippen LogP contribution < -0.4 is 21.7 Å². The van der Waals surface area contributed by atoms with E-state index >= 15 is 0 Å². The molecule has 0 aromatic heterocycles. The molecule has 7 nitrogen and oxygen atoms in total. The summed E-state index contributed by atoms with van der Waals surface area (Å²) in [6.07, 6.45) is 0. The molecule has 0 fully saturated rings.